The number of benzene rings is 9. The quantitative estimate of drug-likeness (QED) is 0.154. The summed E-state index contributed by atoms with van der Waals surface area (Å²) in [6.07, 6.45) is 1.83. The second-order valence-electron chi connectivity index (χ2n) is 17.8. The third kappa shape index (κ3) is 5.85. The third-order valence-electron chi connectivity index (χ3n) is 14.2. The minimum Gasteiger partial charge on any atom is -0.309 e. The van der Waals surface area contributed by atoms with Gasteiger partial charge in [-0.3, -0.25) is 4.57 Å². The predicted octanol–water partition coefficient (Wildman–Crippen LogP) is 15.0. The highest BCUT2D eigenvalue weighted by Gasteiger charge is 2.32. The van der Waals surface area contributed by atoms with E-state index in [1.165, 1.54) is 97.5 Å². The molecule has 312 valence electrons. The summed E-state index contributed by atoms with van der Waals surface area (Å²) in [7, 11) is 0. The zero-order valence-corrected chi connectivity index (χ0v) is 38.1. The average molecular weight is 957 g/mol. The Morgan fingerprint density at radius 1 is 0.439 bits per heavy atom. The van der Waals surface area contributed by atoms with Gasteiger partial charge >= 0.3 is 0 Å². The zero-order chi connectivity index (χ0) is 43.3. The van der Waals surface area contributed by atoms with Crippen molar-refractivity contribution < 1.29 is 0 Å². The van der Waals surface area contributed by atoms with Crippen LogP contribution >= 0.6 is 20.7 Å². The number of halogens is 1. The topological polar surface area (TPSA) is 34.6 Å². The van der Waals surface area contributed by atoms with Gasteiger partial charge in [-0.15, -0.1) is 0 Å². The Labute approximate surface area is 392 Å². The Morgan fingerprint density at radius 3 is 1.73 bits per heavy atom. The van der Waals surface area contributed by atoms with Crippen LogP contribution in [-0.2, 0) is 12.8 Å². The highest BCUT2D eigenvalue weighted by atomic mass is 127. The predicted molar refractivity (Wildman–Crippen MR) is 284 cm³/mol. The van der Waals surface area contributed by atoms with Crippen molar-refractivity contribution in [2.75, 3.05) is 0 Å². The molecule has 0 amide bonds. The molecule has 1 atom stereocenters. The van der Waals surface area contributed by atoms with Crippen LogP contribution in [0.4, 0.5) is 0 Å². The van der Waals surface area contributed by atoms with E-state index in [2.05, 4.69) is 221 Å². The van der Waals surface area contributed by atoms with Crippen molar-refractivity contribution in [1.29, 1.82) is 0 Å². The summed E-state index contributed by atoms with van der Waals surface area (Å²) in [4.78, 5) is 11.3. The molecule has 9 aromatic carbocycles. The van der Waals surface area contributed by atoms with Crippen LogP contribution in [0.1, 0.15) is 45.2 Å². The van der Waals surface area contributed by atoms with E-state index in [1.54, 1.807) is 0 Å². The fourth-order valence-corrected chi connectivity index (χ4v) is 14.1. The number of aliphatic imine (C=N–C) groups is 2. The standard InChI is InChI=1S/C61H41IN4/c1-2-16-39(17-3-1)59-62-60(54-36-40-18-4-5-19-42(40)52-37-41(31-32-47(52)54)65-55-27-13-10-24-48(55)49-25-11-14-28-56(49)65)64-61(63-59)66-57-29-15-12-26-50(57)53-35-38(30-33-58(53)66)34-51-45-22-8-6-20-43(45)44-21-7-9-23-46(44)51/h1-33,35,37,51,54H,34,36H2. The molecule has 0 radical (unpaired) electrons. The molecule has 1 unspecified atom stereocenters. The first-order chi connectivity index (χ1) is 32.7. The van der Waals surface area contributed by atoms with E-state index in [-0.39, 0.29) is 5.92 Å². The second kappa shape index (κ2) is 15.0. The van der Waals surface area contributed by atoms with Crippen molar-refractivity contribution in [2.45, 2.75) is 24.7 Å². The van der Waals surface area contributed by atoms with Crippen molar-refractivity contribution in [1.82, 2.24) is 9.13 Å². The van der Waals surface area contributed by atoms with Gasteiger partial charge in [0.1, 0.15) is 3.72 Å². The molecule has 14 rings (SSSR count). The lowest BCUT2D eigenvalue weighted by Gasteiger charge is -2.30. The van der Waals surface area contributed by atoms with Gasteiger partial charge in [-0.05, 0) is 126 Å². The first-order valence-electron chi connectivity index (χ1n) is 22.9. The van der Waals surface area contributed by atoms with Crippen molar-refractivity contribution in [3.05, 3.63) is 246 Å². The molecule has 4 nitrogen and oxygen atoms in total. The van der Waals surface area contributed by atoms with Crippen LogP contribution in [0, 0.1) is 0 Å². The Morgan fingerprint density at radius 2 is 1.02 bits per heavy atom. The van der Waals surface area contributed by atoms with Gasteiger partial charge in [-0.2, -0.15) is 0 Å². The summed E-state index contributed by atoms with van der Waals surface area (Å²) in [6.45, 7) is 0. The smallest absolute Gasteiger partial charge is 0.236 e. The highest BCUT2D eigenvalue weighted by Crippen LogP contribution is 2.47. The molecule has 0 bridgehead atoms. The van der Waals surface area contributed by atoms with Gasteiger partial charge in [-0.1, -0.05) is 170 Å². The number of hydrogen-bond acceptors (Lipinski definition) is 2. The van der Waals surface area contributed by atoms with Crippen molar-refractivity contribution >= 4 is 77.7 Å². The van der Waals surface area contributed by atoms with E-state index < -0.39 is 20.7 Å². The van der Waals surface area contributed by atoms with Crippen LogP contribution in [0.15, 0.2) is 222 Å². The molecule has 0 saturated carbocycles. The molecule has 3 aliphatic rings. The monoisotopic (exact) mass is 956 g/mol. The fourth-order valence-electron chi connectivity index (χ4n) is 11.3. The van der Waals surface area contributed by atoms with Crippen molar-refractivity contribution in [3.63, 3.8) is 0 Å². The van der Waals surface area contributed by atoms with Crippen LogP contribution in [0.3, 0.4) is 0 Å². The minimum atomic E-state index is -0.719. The average Bonchev–Trinajstić information content (AvgIpc) is 4.02. The van der Waals surface area contributed by atoms with Crippen molar-refractivity contribution in [2.24, 2.45) is 9.98 Å². The lowest BCUT2D eigenvalue weighted by Crippen LogP contribution is -2.23. The summed E-state index contributed by atoms with van der Waals surface area (Å²) in [6, 6.07) is 78.4. The summed E-state index contributed by atoms with van der Waals surface area (Å²) in [5.41, 5.74) is 19.2. The number of para-hydroxylation sites is 3. The van der Waals surface area contributed by atoms with E-state index >= 15 is 0 Å². The Balaban J connectivity index is 0.921. The van der Waals surface area contributed by atoms with Crippen LogP contribution in [-0.4, -0.2) is 22.4 Å². The molecule has 2 aromatic heterocycles. The summed E-state index contributed by atoms with van der Waals surface area (Å²) in [5, 5.41) is 5.00. The molecule has 0 N–H and O–H groups in total. The van der Waals surface area contributed by atoms with Crippen LogP contribution < -0.4 is 0 Å². The molecule has 5 heteroatoms. The Kier molecular flexibility index (Phi) is 8.63. The van der Waals surface area contributed by atoms with Gasteiger partial charge in [0.25, 0.3) is 0 Å². The molecule has 66 heavy (non-hydrogen) atoms. The van der Waals surface area contributed by atoms with Crippen LogP contribution in [0.25, 0.3) is 71.6 Å². The highest BCUT2D eigenvalue weighted by molar-refractivity contribution is 14.2. The number of rotatable bonds is 5. The summed E-state index contributed by atoms with van der Waals surface area (Å²) in [5.74, 6) is 1.16. The Bertz CT molecular complexity index is 3800. The van der Waals surface area contributed by atoms with E-state index in [9.17, 15) is 0 Å². The SMILES string of the molecule is c1ccc(C2=NC(n3c4ccccc4c4cc(CC5c6ccccc6-c6ccccc65)ccc43)=NC(C3Cc4ccccc4-c4cc(-n5c6ccccc6c6ccccc65)ccc43)=I2)cc1. The normalized spacial score (nSPS) is 15.5. The number of fused-ring (bicyclic) bond motifs is 12. The summed E-state index contributed by atoms with van der Waals surface area (Å²) < 4.78 is 7.17. The maximum absolute atomic E-state index is 5.76. The van der Waals surface area contributed by atoms with Crippen molar-refractivity contribution in [3.8, 4) is 27.9 Å². The van der Waals surface area contributed by atoms with Crippen LogP contribution in [0.5, 0.6) is 0 Å². The molecule has 2 aliphatic carbocycles. The maximum Gasteiger partial charge on any atom is 0.236 e. The lowest BCUT2D eigenvalue weighted by atomic mass is 9.78. The summed E-state index contributed by atoms with van der Waals surface area (Å²) >= 11 is -0.719. The van der Waals surface area contributed by atoms with Crippen LogP contribution in [0.2, 0.25) is 0 Å². The fraction of sp³-hybridized carbons (Fsp3) is 0.0656. The van der Waals surface area contributed by atoms with E-state index in [1.807, 2.05) is 0 Å². The molecule has 0 fully saturated rings. The van der Waals surface area contributed by atoms with E-state index in [0.29, 0.717) is 5.92 Å². The van der Waals surface area contributed by atoms with Gasteiger partial charge in [-0.25, -0.2) is 9.98 Å². The van der Waals surface area contributed by atoms with Gasteiger partial charge in [0.15, 0.2) is 0 Å². The maximum atomic E-state index is 5.76. The first kappa shape index (κ1) is 37.9. The molecule has 0 spiro atoms. The zero-order valence-electron chi connectivity index (χ0n) is 35.9. The molecule has 0 saturated heterocycles. The molecule has 3 heterocycles. The molecule has 1 aliphatic heterocycles. The molecular formula is C61H41IN4. The number of aromatic nitrogens is 2. The molecular weight excluding hydrogens is 916 g/mol. The minimum absolute atomic E-state index is 0.107. The largest absolute Gasteiger partial charge is 0.309 e. The van der Waals surface area contributed by atoms with Gasteiger partial charge in [0.2, 0.25) is 5.96 Å². The number of nitrogens with zero attached hydrogens (tertiary/aromatic N) is 4. The Hall–Kier alpha value is -7.48. The number of hydrogen-bond donors (Lipinski definition) is 0. The third-order valence-corrected chi connectivity index (χ3v) is 17.1. The van der Waals surface area contributed by atoms with Gasteiger partial charge in [0, 0.05) is 44.6 Å². The molecule has 11 aromatic rings. The lowest BCUT2D eigenvalue weighted by molar-refractivity contribution is 0.828. The first-order valence-corrected chi connectivity index (χ1v) is 25.1. The van der Waals surface area contributed by atoms with E-state index in [4.69, 9.17) is 9.98 Å². The second-order valence-corrected chi connectivity index (χ2v) is 20.5. The van der Waals surface area contributed by atoms with Gasteiger partial charge in [0.05, 0.1) is 25.7 Å². The van der Waals surface area contributed by atoms with Gasteiger partial charge < -0.3 is 4.57 Å². The van der Waals surface area contributed by atoms with E-state index in [0.717, 1.165) is 33.6 Å².